The first kappa shape index (κ1) is 11.8. The van der Waals surface area contributed by atoms with Gasteiger partial charge in [0.05, 0.1) is 11.7 Å². The predicted molar refractivity (Wildman–Crippen MR) is 64.1 cm³/mol. The van der Waals surface area contributed by atoms with Crippen molar-refractivity contribution in [2.24, 2.45) is 5.73 Å². The van der Waals surface area contributed by atoms with E-state index >= 15 is 0 Å². The molecule has 1 aliphatic rings. The standard InChI is InChI=1S/C13H17NO3/c14-13(16)11-7-6-10(8-12(11)15)17-9-4-2-1-3-5-9/h6-9,15H,1-5H2,(H2,14,16). The van der Waals surface area contributed by atoms with E-state index in [4.69, 9.17) is 10.5 Å². The first-order valence-corrected chi connectivity index (χ1v) is 5.96. The number of nitrogens with two attached hydrogens (primary N) is 1. The molecule has 0 radical (unpaired) electrons. The molecule has 0 bridgehead atoms. The van der Waals surface area contributed by atoms with Crippen molar-refractivity contribution in [2.45, 2.75) is 38.2 Å². The first-order valence-electron chi connectivity index (χ1n) is 5.96. The zero-order chi connectivity index (χ0) is 12.3. The van der Waals surface area contributed by atoms with Crippen LogP contribution in [0.25, 0.3) is 0 Å². The zero-order valence-electron chi connectivity index (χ0n) is 9.69. The van der Waals surface area contributed by atoms with Crippen LogP contribution in [0.4, 0.5) is 0 Å². The van der Waals surface area contributed by atoms with Gasteiger partial charge in [-0.3, -0.25) is 4.79 Å². The lowest BCUT2D eigenvalue weighted by atomic mass is 9.98. The molecule has 1 saturated carbocycles. The molecule has 92 valence electrons. The molecule has 1 amide bonds. The van der Waals surface area contributed by atoms with Crippen LogP contribution in [-0.2, 0) is 0 Å². The molecular formula is C13H17NO3. The predicted octanol–water partition coefficient (Wildman–Crippen LogP) is 2.20. The fraction of sp³-hybridized carbons (Fsp3) is 0.462. The van der Waals surface area contributed by atoms with Gasteiger partial charge in [-0.25, -0.2) is 0 Å². The molecule has 1 aromatic rings. The van der Waals surface area contributed by atoms with Gasteiger partial charge in [0.25, 0.3) is 5.91 Å². The van der Waals surface area contributed by atoms with Crippen LogP contribution in [-0.4, -0.2) is 17.1 Å². The summed E-state index contributed by atoms with van der Waals surface area (Å²) in [5.41, 5.74) is 5.24. The maximum absolute atomic E-state index is 10.9. The van der Waals surface area contributed by atoms with E-state index < -0.39 is 5.91 Å². The van der Waals surface area contributed by atoms with Gasteiger partial charge in [0.15, 0.2) is 0 Å². The molecule has 4 nitrogen and oxygen atoms in total. The fourth-order valence-electron chi connectivity index (χ4n) is 2.17. The monoisotopic (exact) mass is 235 g/mol. The quantitative estimate of drug-likeness (QED) is 0.843. The van der Waals surface area contributed by atoms with Crippen molar-refractivity contribution in [3.8, 4) is 11.5 Å². The molecule has 0 saturated heterocycles. The third-order valence-electron chi connectivity index (χ3n) is 3.09. The van der Waals surface area contributed by atoms with E-state index in [0.717, 1.165) is 12.8 Å². The van der Waals surface area contributed by atoms with Gasteiger partial charge < -0.3 is 15.6 Å². The highest BCUT2D eigenvalue weighted by atomic mass is 16.5. The van der Waals surface area contributed by atoms with Crippen molar-refractivity contribution >= 4 is 5.91 Å². The Labute approximate surface area is 100 Å². The number of phenols is 1. The summed E-state index contributed by atoms with van der Waals surface area (Å²) >= 11 is 0. The summed E-state index contributed by atoms with van der Waals surface area (Å²) < 4.78 is 5.76. The molecule has 4 heteroatoms. The highest BCUT2D eigenvalue weighted by Gasteiger charge is 2.16. The van der Waals surface area contributed by atoms with Gasteiger partial charge >= 0.3 is 0 Å². The van der Waals surface area contributed by atoms with E-state index in [1.165, 1.54) is 31.4 Å². The van der Waals surface area contributed by atoms with Crippen molar-refractivity contribution in [3.63, 3.8) is 0 Å². The maximum atomic E-state index is 10.9. The van der Waals surface area contributed by atoms with Crippen LogP contribution in [0.2, 0.25) is 0 Å². The van der Waals surface area contributed by atoms with Crippen LogP contribution in [0.5, 0.6) is 11.5 Å². The lowest BCUT2D eigenvalue weighted by Crippen LogP contribution is -2.19. The van der Waals surface area contributed by atoms with E-state index in [2.05, 4.69) is 0 Å². The molecule has 0 aromatic heterocycles. The number of hydrogen-bond acceptors (Lipinski definition) is 3. The van der Waals surface area contributed by atoms with Gasteiger partial charge in [-0.1, -0.05) is 6.42 Å². The Morgan fingerprint density at radius 2 is 2.00 bits per heavy atom. The Balaban J connectivity index is 2.06. The number of rotatable bonds is 3. The molecule has 0 aliphatic heterocycles. The summed E-state index contributed by atoms with van der Waals surface area (Å²) in [4.78, 5) is 10.9. The number of carbonyl (C=O) groups excluding carboxylic acids is 1. The highest BCUT2D eigenvalue weighted by Crippen LogP contribution is 2.27. The van der Waals surface area contributed by atoms with E-state index in [1.54, 1.807) is 6.07 Å². The molecule has 0 atom stereocenters. The molecule has 0 unspecified atom stereocenters. The Hall–Kier alpha value is -1.71. The second-order valence-corrected chi connectivity index (χ2v) is 4.42. The maximum Gasteiger partial charge on any atom is 0.252 e. The first-order chi connectivity index (χ1) is 8.16. The van der Waals surface area contributed by atoms with Gasteiger partial charge in [-0.2, -0.15) is 0 Å². The van der Waals surface area contributed by atoms with Gasteiger partial charge in [0.1, 0.15) is 11.5 Å². The Bertz CT molecular complexity index is 411. The number of ether oxygens (including phenoxy) is 1. The van der Waals surface area contributed by atoms with Gasteiger partial charge in [0, 0.05) is 6.07 Å². The third-order valence-corrected chi connectivity index (χ3v) is 3.09. The number of benzene rings is 1. The van der Waals surface area contributed by atoms with Crippen molar-refractivity contribution in [2.75, 3.05) is 0 Å². The topological polar surface area (TPSA) is 72.6 Å². The van der Waals surface area contributed by atoms with Gasteiger partial charge in [0.2, 0.25) is 0 Å². The molecule has 3 N–H and O–H groups in total. The average Bonchev–Trinajstić information content (AvgIpc) is 2.30. The lowest BCUT2D eigenvalue weighted by molar-refractivity contribution is 0.0997. The molecule has 2 rings (SSSR count). The smallest absolute Gasteiger partial charge is 0.252 e. The van der Waals surface area contributed by atoms with Crippen LogP contribution < -0.4 is 10.5 Å². The highest BCUT2D eigenvalue weighted by molar-refractivity contribution is 5.95. The van der Waals surface area contributed by atoms with Crippen molar-refractivity contribution in [1.29, 1.82) is 0 Å². The number of amides is 1. The summed E-state index contributed by atoms with van der Waals surface area (Å²) in [5.74, 6) is -0.156. The minimum absolute atomic E-state index is 0.120. The minimum atomic E-state index is -0.633. The van der Waals surface area contributed by atoms with Gasteiger partial charge in [-0.15, -0.1) is 0 Å². The van der Waals surface area contributed by atoms with E-state index in [9.17, 15) is 9.90 Å². The largest absolute Gasteiger partial charge is 0.507 e. The molecule has 1 aromatic carbocycles. The number of hydrogen-bond donors (Lipinski definition) is 2. The molecule has 1 aliphatic carbocycles. The zero-order valence-corrected chi connectivity index (χ0v) is 9.69. The number of primary amides is 1. The molecule has 17 heavy (non-hydrogen) atoms. The molecule has 0 spiro atoms. The molecule has 1 fully saturated rings. The van der Waals surface area contributed by atoms with Crippen molar-refractivity contribution < 1.29 is 14.6 Å². The average molecular weight is 235 g/mol. The summed E-state index contributed by atoms with van der Waals surface area (Å²) in [5, 5.41) is 9.61. The van der Waals surface area contributed by atoms with Crippen LogP contribution in [0.3, 0.4) is 0 Å². The van der Waals surface area contributed by atoms with E-state index in [0.29, 0.717) is 5.75 Å². The van der Waals surface area contributed by atoms with Crippen LogP contribution in [0.1, 0.15) is 42.5 Å². The molecule has 0 heterocycles. The summed E-state index contributed by atoms with van der Waals surface area (Å²) in [6.45, 7) is 0. The van der Waals surface area contributed by atoms with Crippen molar-refractivity contribution in [1.82, 2.24) is 0 Å². The minimum Gasteiger partial charge on any atom is -0.507 e. The van der Waals surface area contributed by atoms with E-state index in [1.807, 2.05) is 0 Å². The Morgan fingerprint density at radius 1 is 1.29 bits per heavy atom. The number of aromatic hydroxyl groups is 1. The Kier molecular flexibility index (Phi) is 3.52. The molecular weight excluding hydrogens is 218 g/mol. The van der Waals surface area contributed by atoms with Crippen LogP contribution in [0.15, 0.2) is 18.2 Å². The van der Waals surface area contributed by atoms with Crippen molar-refractivity contribution in [3.05, 3.63) is 23.8 Å². The van der Waals surface area contributed by atoms with Crippen LogP contribution in [0, 0.1) is 0 Å². The number of carbonyl (C=O) groups is 1. The summed E-state index contributed by atoms with van der Waals surface area (Å²) in [6.07, 6.45) is 5.98. The Morgan fingerprint density at radius 3 is 2.59 bits per heavy atom. The second kappa shape index (κ2) is 5.08. The summed E-state index contributed by atoms with van der Waals surface area (Å²) in [6, 6.07) is 4.62. The normalized spacial score (nSPS) is 16.7. The second-order valence-electron chi connectivity index (χ2n) is 4.42. The van der Waals surface area contributed by atoms with Crippen LogP contribution >= 0.6 is 0 Å². The third kappa shape index (κ3) is 2.90. The van der Waals surface area contributed by atoms with E-state index in [-0.39, 0.29) is 17.4 Å². The fourth-order valence-corrected chi connectivity index (χ4v) is 2.17. The van der Waals surface area contributed by atoms with Gasteiger partial charge in [-0.05, 0) is 37.8 Å². The summed E-state index contributed by atoms with van der Waals surface area (Å²) in [7, 11) is 0. The SMILES string of the molecule is NC(=O)c1ccc(OC2CCCCC2)cc1O. The lowest BCUT2D eigenvalue weighted by Gasteiger charge is -2.23.